The van der Waals surface area contributed by atoms with Crippen LogP contribution in [-0.4, -0.2) is 52.3 Å². The molecule has 0 saturated heterocycles. The van der Waals surface area contributed by atoms with Crippen LogP contribution in [0.1, 0.15) is 24.2 Å². The number of hydrogen-bond donors (Lipinski definition) is 1. The molecule has 0 atom stereocenters. The summed E-state index contributed by atoms with van der Waals surface area (Å²) in [4.78, 5) is 36.2. The number of aromatic nitrogens is 4. The third-order valence-electron chi connectivity index (χ3n) is 5.26. The van der Waals surface area contributed by atoms with Gasteiger partial charge in [-0.3, -0.25) is 10.1 Å². The molecule has 1 aliphatic rings. The van der Waals surface area contributed by atoms with Crippen LogP contribution in [0.15, 0.2) is 64.9 Å². The molecule has 5 rings (SSSR count). The fraction of sp³-hybridized carbons (Fsp3) is 0.217. The number of methoxy groups -OCH3 is 1. The first-order valence-corrected chi connectivity index (χ1v) is 13.2. The zero-order valence-corrected chi connectivity index (χ0v) is 20.6. The Morgan fingerprint density at radius 1 is 1.11 bits per heavy atom. The Morgan fingerprint density at radius 3 is 2.56 bits per heavy atom. The molecule has 184 valence electrons. The van der Waals surface area contributed by atoms with Crippen molar-refractivity contribution in [1.29, 1.82) is 0 Å². The number of nitrogens with zero attached hydrogens (tertiary/aromatic N) is 5. The van der Waals surface area contributed by atoms with Gasteiger partial charge in [-0.15, -0.1) is 0 Å². The highest BCUT2D eigenvalue weighted by molar-refractivity contribution is 7.92. The molecule has 1 N–H and O–H groups in total. The molecule has 36 heavy (non-hydrogen) atoms. The van der Waals surface area contributed by atoms with Crippen LogP contribution in [0.2, 0.25) is 0 Å². The molecule has 0 aliphatic heterocycles. The number of hydrogen-bond acceptors (Lipinski definition) is 11. The first-order chi connectivity index (χ1) is 17.4. The predicted octanol–water partition coefficient (Wildman–Crippen LogP) is 2.99. The fourth-order valence-electron chi connectivity index (χ4n) is 3.28. The van der Waals surface area contributed by atoms with Crippen LogP contribution >= 0.6 is 11.3 Å². The highest BCUT2D eigenvalue weighted by atomic mass is 32.2. The summed E-state index contributed by atoms with van der Waals surface area (Å²) in [6.45, 7) is -0.0589. The summed E-state index contributed by atoms with van der Waals surface area (Å²) in [6, 6.07) is 11.1. The van der Waals surface area contributed by atoms with E-state index in [0.29, 0.717) is 45.6 Å². The van der Waals surface area contributed by atoms with E-state index in [1.54, 1.807) is 30.6 Å². The maximum absolute atomic E-state index is 13.2. The minimum absolute atomic E-state index is 0.0589. The molecule has 1 saturated carbocycles. The van der Waals surface area contributed by atoms with Crippen LogP contribution in [0.25, 0.3) is 10.3 Å². The Bertz CT molecular complexity index is 1530. The van der Waals surface area contributed by atoms with E-state index in [1.165, 1.54) is 42.7 Å². The normalized spacial score (nSPS) is 14.0. The van der Waals surface area contributed by atoms with Gasteiger partial charge in [-0.2, -0.15) is 0 Å². The van der Waals surface area contributed by atoms with Crippen molar-refractivity contribution in [3.8, 4) is 5.88 Å². The van der Waals surface area contributed by atoms with Gasteiger partial charge in [-0.05, 0) is 37.1 Å². The fourth-order valence-corrected chi connectivity index (χ4v) is 5.76. The Labute approximate surface area is 210 Å². The Hall–Kier alpha value is -3.97. The van der Waals surface area contributed by atoms with Gasteiger partial charge in [-0.25, -0.2) is 28.4 Å². The number of sulfone groups is 1. The molecule has 1 aromatic carbocycles. The number of nitrogens with one attached hydrogen (secondary N) is 1. The van der Waals surface area contributed by atoms with Gasteiger partial charge in [0.1, 0.15) is 10.3 Å². The molecule has 4 aromatic rings. The predicted molar refractivity (Wildman–Crippen MR) is 133 cm³/mol. The number of carbonyl (C=O) groups excluding carboxylic acids is 1. The third kappa shape index (κ3) is 5.16. The summed E-state index contributed by atoms with van der Waals surface area (Å²) in [5.74, 6) is 0.231. The van der Waals surface area contributed by atoms with Gasteiger partial charge < -0.3 is 9.57 Å². The second-order valence-electron chi connectivity index (χ2n) is 7.80. The van der Waals surface area contributed by atoms with E-state index < -0.39 is 15.7 Å². The molecule has 11 nitrogen and oxygen atoms in total. The number of pyridine rings is 1. The van der Waals surface area contributed by atoms with Crippen molar-refractivity contribution in [2.45, 2.75) is 29.6 Å². The smallest absolute Gasteiger partial charge is 0.280 e. The highest BCUT2D eigenvalue weighted by Gasteiger charge is 2.36. The number of anilines is 1. The summed E-state index contributed by atoms with van der Waals surface area (Å²) in [6.07, 6.45) is 4.46. The van der Waals surface area contributed by atoms with E-state index in [9.17, 15) is 13.2 Å². The van der Waals surface area contributed by atoms with Gasteiger partial charge in [0.15, 0.2) is 33.1 Å². The monoisotopic (exact) mass is 524 g/mol. The summed E-state index contributed by atoms with van der Waals surface area (Å²) in [7, 11) is -1.85. The standard InChI is InChI=1S/C23H20N6O5S2/c1-33-19-10-9-17-22(27-19)35-23(26-17)28-21(30)20(29-34-13-18-24-11-2-12-25-18)14-3-5-15(6-4-14)36(31,32)16-7-8-16/h2-6,9-12,16H,7-8,13H2,1H3,(H,26,28,30)/b29-20+. The summed E-state index contributed by atoms with van der Waals surface area (Å²) in [5, 5.41) is 6.71. The number of benzene rings is 1. The maximum Gasteiger partial charge on any atom is 0.280 e. The van der Waals surface area contributed by atoms with Gasteiger partial charge in [0, 0.05) is 24.0 Å². The van der Waals surface area contributed by atoms with Crippen molar-refractivity contribution in [3.63, 3.8) is 0 Å². The van der Waals surface area contributed by atoms with Crippen LogP contribution in [0.3, 0.4) is 0 Å². The molecular formula is C23H20N6O5S2. The number of fused-ring (bicyclic) bond motifs is 1. The molecule has 1 aliphatic carbocycles. The van der Waals surface area contributed by atoms with E-state index in [-0.39, 0.29) is 22.5 Å². The van der Waals surface area contributed by atoms with Gasteiger partial charge in [0.05, 0.1) is 17.3 Å². The molecule has 0 spiro atoms. The molecule has 1 amide bonds. The summed E-state index contributed by atoms with van der Waals surface area (Å²) < 4.78 is 30.2. The Morgan fingerprint density at radius 2 is 1.86 bits per heavy atom. The van der Waals surface area contributed by atoms with E-state index in [1.807, 2.05) is 0 Å². The summed E-state index contributed by atoms with van der Waals surface area (Å²) in [5.41, 5.74) is 0.907. The van der Waals surface area contributed by atoms with Crippen LogP contribution in [0.4, 0.5) is 5.13 Å². The van der Waals surface area contributed by atoms with Crippen molar-refractivity contribution in [1.82, 2.24) is 19.9 Å². The number of carbonyl (C=O) groups is 1. The molecule has 3 aromatic heterocycles. The van der Waals surface area contributed by atoms with Gasteiger partial charge in [0.2, 0.25) is 5.88 Å². The van der Waals surface area contributed by atoms with Gasteiger partial charge in [0.25, 0.3) is 5.91 Å². The van der Waals surface area contributed by atoms with Crippen LogP contribution < -0.4 is 10.1 Å². The van der Waals surface area contributed by atoms with E-state index in [0.717, 1.165) is 0 Å². The zero-order chi connectivity index (χ0) is 25.1. The lowest BCUT2D eigenvalue weighted by atomic mass is 10.1. The van der Waals surface area contributed by atoms with E-state index in [4.69, 9.17) is 9.57 Å². The largest absolute Gasteiger partial charge is 0.481 e. The number of rotatable bonds is 9. The lowest BCUT2D eigenvalue weighted by Crippen LogP contribution is -2.24. The Kier molecular flexibility index (Phi) is 6.57. The maximum atomic E-state index is 13.2. The SMILES string of the molecule is COc1ccc2nc(NC(=O)/C(=N/OCc3ncccn3)c3ccc(S(=O)(=O)C4CC4)cc3)sc2n1. The molecule has 0 radical (unpaired) electrons. The number of thiazole rings is 1. The molecule has 1 fully saturated rings. The van der Waals surface area contributed by atoms with Crippen molar-refractivity contribution in [3.05, 3.63) is 66.2 Å². The van der Waals surface area contributed by atoms with E-state index >= 15 is 0 Å². The second-order valence-corrected chi connectivity index (χ2v) is 11.0. The molecule has 0 unspecified atom stereocenters. The minimum atomic E-state index is -3.36. The molecule has 0 bridgehead atoms. The molecule has 13 heteroatoms. The number of oxime groups is 1. The van der Waals surface area contributed by atoms with Crippen LogP contribution in [0.5, 0.6) is 5.88 Å². The molecule has 3 heterocycles. The second kappa shape index (κ2) is 9.95. The average molecular weight is 525 g/mol. The lowest BCUT2D eigenvalue weighted by molar-refractivity contribution is -0.110. The first kappa shape index (κ1) is 23.8. The lowest BCUT2D eigenvalue weighted by Gasteiger charge is -2.08. The number of amides is 1. The Balaban J connectivity index is 1.41. The topological polar surface area (TPSA) is 146 Å². The van der Waals surface area contributed by atoms with Crippen molar-refractivity contribution in [2.24, 2.45) is 5.16 Å². The zero-order valence-electron chi connectivity index (χ0n) is 19.0. The van der Waals surface area contributed by atoms with Crippen molar-refractivity contribution in [2.75, 3.05) is 12.4 Å². The van der Waals surface area contributed by atoms with E-state index in [2.05, 4.69) is 30.4 Å². The molecular weight excluding hydrogens is 504 g/mol. The van der Waals surface area contributed by atoms with Crippen molar-refractivity contribution >= 4 is 48.3 Å². The summed E-state index contributed by atoms with van der Waals surface area (Å²) >= 11 is 1.18. The van der Waals surface area contributed by atoms with Crippen molar-refractivity contribution < 1.29 is 22.8 Å². The number of ether oxygens (including phenoxy) is 1. The first-order valence-electron chi connectivity index (χ1n) is 10.9. The third-order valence-corrected chi connectivity index (χ3v) is 8.42. The highest BCUT2D eigenvalue weighted by Crippen LogP contribution is 2.33. The van der Waals surface area contributed by atoms with Gasteiger partial charge in [-0.1, -0.05) is 28.6 Å². The van der Waals surface area contributed by atoms with Crippen LogP contribution in [-0.2, 0) is 26.1 Å². The average Bonchev–Trinajstić information content (AvgIpc) is 3.68. The quantitative estimate of drug-likeness (QED) is 0.258. The van der Waals surface area contributed by atoms with Crippen LogP contribution in [0, 0.1) is 0 Å². The van der Waals surface area contributed by atoms with Gasteiger partial charge >= 0.3 is 0 Å². The minimum Gasteiger partial charge on any atom is -0.481 e.